The lowest BCUT2D eigenvalue weighted by molar-refractivity contribution is 0.465. The minimum absolute atomic E-state index is 0.169. The standard InChI is InChI=1S/C14H10N4O2S/c1-8-4-5-10-11-12(21-13(10)15-8)14(19)18(17-16-11)7-9-3-2-6-20-9/h2-6H,7H2,1H3. The van der Waals surface area contributed by atoms with E-state index in [-0.39, 0.29) is 12.1 Å². The molecule has 0 bridgehead atoms. The molecule has 0 aliphatic heterocycles. The molecule has 0 N–H and O–H groups in total. The zero-order chi connectivity index (χ0) is 14.4. The van der Waals surface area contributed by atoms with E-state index in [1.165, 1.54) is 16.0 Å². The molecular formula is C14H10N4O2S. The van der Waals surface area contributed by atoms with Crippen LogP contribution in [0.5, 0.6) is 0 Å². The van der Waals surface area contributed by atoms with Crippen molar-refractivity contribution >= 4 is 31.8 Å². The van der Waals surface area contributed by atoms with Crippen molar-refractivity contribution in [3.05, 3.63) is 52.3 Å². The molecule has 104 valence electrons. The maximum Gasteiger partial charge on any atom is 0.288 e. The quantitative estimate of drug-likeness (QED) is 0.568. The largest absolute Gasteiger partial charge is 0.467 e. The van der Waals surface area contributed by atoms with Crippen LogP contribution in [-0.4, -0.2) is 20.0 Å². The molecule has 4 heterocycles. The van der Waals surface area contributed by atoms with Crippen molar-refractivity contribution in [2.24, 2.45) is 0 Å². The second-order valence-corrected chi connectivity index (χ2v) is 5.72. The maximum absolute atomic E-state index is 12.5. The average molecular weight is 298 g/mol. The fourth-order valence-electron chi connectivity index (χ4n) is 2.21. The Bertz CT molecular complexity index is 1000. The van der Waals surface area contributed by atoms with Crippen molar-refractivity contribution < 1.29 is 4.42 Å². The van der Waals surface area contributed by atoms with Crippen LogP contribution in [0, 0.1) is 6.92 Å². The Morgan fingerprint density at radius 3 is 3.05 bits per heavy atom. The molecule has 0 saturated heterocycles. The number of aromatic nitrogens is 4. The summed E-state index contributed by atoms with van der Waals surface area (Å²) in [6.45, 7) is 2.19. The molecule has 0 atom stereocenters. The number of aryl methyl sites for hydroxylation is 1. The number of hydrogen-bond acceptors (Lipinski definition) is 6. The molecule has 0 aromatic carbocycles. The summed E-state index contributed by atoms with van der Waals surface area (Å²) >= 11 is 1.35. The molecule has 0 spiro atoms. The average Bonchev–Trinajstić information content (AvgIpc) is 3.09. The lowest BCUT2D eigenvalue weighted by Crippen LogP contribution is -2.23. The molecule has 7 heteroatoms. The van der Waals surface area contributed by atoms with Gasteiger partial charge in [0, 0.05) is 11.1 Å². The molecule has 6 nitrogen and oxygen atoms in total. The summed E-state index contributed by atoms with van der Waals surface area (Å²) in [6, 6.07) is 7.42. The third-order valence-corrected chi connectivity index (χ3v) is 4.31. The first-order chi connectivity index (χ1) is 10.2. The lowest BCUT2D eigenvalue weighted by Gasteiger charge is -2.00. The van der Waals surface area contributed by atoms with Crippen molar-refractivity contribution in [1.29, 1.82) is 0 Å². The first-order valence-corrected chi connectivity index (χ1v) is 7.20. The van der Waals surface area contributed by atoms with Crippen molar-refractivity contribution in [2.75, 3.05) is 0 Å². The highest BCUT2D eigenvalue weighted by Gasteiger charge is 2.14. The number of nitrogens with zero attached hydrogens (tertiary/aromatic N) is 4. The van der Waals surface area contributed by atoms with Crippen LogP contribution in [0.4, 0.5) is 0 Å². The Balaban J connectivity index is 1.94. The van der Waals surface area contributed by atoms with E-state index in [4.69, 9.17) is 4.42 Å². The summed E-state index contributed by atoms with van der Waals surface area (Å²) in [5, 5.41) is 9.05. The number of furan rings is 1. The SMILES string of the molecule is Cc1ccc2c(n1)sc1c(=O)n(Cc3ccco3)nnc12. The molecule has 0 radical (unpaired) electrons. The fourth-order valence-corrected chi connectivity index (χ4v) is 3.31. The number of fused-ring (bicyclic) bond motifs is 3. The molecule has 0 saturated carbocycles. The van der Waals surface area contributed by atoms with Crippen molar-refractivity contribution in [2.45, 2.75) is 13.5 Å². The fraction of sp³-hybridized carbons (Fsp3) is 0.143. The van der Waals surface area contributed by atoms with Crippen molar-refractivity contribution in [3.63, 3.8) is 0 Å². The topological polar surface area (TPSA) is 73.8 Å². The third kappa shape index (κ3) is 1.93. The Morgan fingerprint density at radius 1 is 1.33 bits per heavy atom. The Hall–Kier alpha value is -2.54. The lowest BCUT2D eigenvalue weighted by atomic mass is 10.3. The Kier molecular flexibility index (Phi) is 2.61. The van der Waals surface area contributed by atoms with Gasteiger partial charge in [-0.3, -0.25) is 4.79 Å². The molecular weight excluding hydrogens is 288 g/mol. The molecule has 4 aromatic heterocycles. The molecule has 21 heavy (non-hydrogen) atoms. The zero-order valence-corrected chi connectivity index (χ0v) is 11.9. The summed E-state index contributed by atoms with van der Waals surface area (Å²) < 4.78 is 7.13. The van der Waals surface area contributed by atoms with E-state index in [2.05, 4.69) is 15.3 Å². The zero-order valence-electron chi connectivity index (χ0n) is 11.1. The van der Waals surface area contributed by atoms with Crippen LogP contribution >= 0.6 is 11.3 Å². The van der Waals surface area contributed by atoms with Gasteiger partial charge < -0.3 is 4.42 Å². The van der Waals surface area contributed by atoms with E-state index >= 15 is 0 Å². The van der Waals surface area contributed by atoms with Gasteiger partial charge in [0.05, 0.1) is 6.26 Å². The van der Waals surface area contributed by atoms with Gasteiger partial charge in [0.15, 0.2) is 0 Å². The highest BCUT2D eigenvalue weighted by Crippen LogP contribution is 2.28. The van der Waals surface area contributed by atoms with E-state index < -0.39 is 0 Å². The van der Waals surface area contributed by atoms with Crippen LogP contribution in [0.2, 0.25) is 0 Å². The smallest absolute Gasteiger partial charge is 0.288 e. The Labute approximate surface area is 122 Å². The second-order valence-electron chi connectivity index (χ2n) is 4.72. The first kappa shape index (κ1) is 12.2. The summed E-state index contributed by atoms with van der Waals surface area (Å²) in [4.78, 5) is 17.8. The monoisotopic (exact) mass is 298 g/mol. The van der Waals surface area contributed by atoms with Gasteiger partial charge in [-0.05, 0) is 31.2 Å². The highest BCUT2D eigenvalue weighted by atomic mass is 32.1. The number of hydrogen-bond donors (Lipinski definition) is 0. The molecule has 0 fully saturated rings. The van der Waals surface area contributed by atoms with Crippen molar-refractivity contribution in [1.82, 2.24) is 20.0 Å². The van der Waals surface area contributed by atoms with Crippen LogP contribution in [0.15, 0.2) is 39.7 Å². The van der Waals surface area contributed by atoms with Crippen LogP contribution in [0.25, 0.3) is 20.4 Å². The molecule has 0 amide bonds. The Morgan fingerprint density at radius 2 is 2.24 bits per heavy atom. The minimum atomic E-state index is -0.169. The van der Waals surface area contributed by atoms with Crippen molar-refractivity contribution in [3.8, 4) is 0 Å². The summed E-state index contributed by atoms with van der Waals surface area (Å²) in [6.07, 6.45) is 1.57. The predicted octanol–water partition coefficient (Wildman–Crippen LogP) is 2.35. The van der Waals surface area contributed by atoms with Gasteiger partial charge in [0.25, 0.3) is 5.56 Å². The summed E-state index contributed by atoms with van der Waals surface area (Å²) in [5.41, 5.74) is 1.36. The summed E-state index contributed by atoms with van der Waals surface area (Å²) in [7, 11) is 0. The molecule has 4 aromatic rings. The van der Waals surface area contributed by atoms with E-state index in [0.717, 1.165) is 15.9 Å². The van der Waals surface area contributed by atoms with Gasteiger partial charge in [-0.1, -0.05) is 5.21 Å². The van der Waals surface area contributed by atoms with Gasteiger partial charge in [-0.2, -0.15) is 0 Å². The molecule has 4 rings (SSSR count). The number of pyridine rings is 1. The third-order valence-electron chi connectivity index (χ3n) is 3.24. The van der Waals surface area contributed by atoms with E-state index in [9.17, 15) is 4.79 Å². The predicted molar refractivity (Wildman–Crippen MR) is 79.5 cm³/mol. The molecule has 0 aliphatic carbocycles. The van der Waals surface area contributed by atoms with Gasteiger partial charge in [0.1, 0.15) is 27.4 Å². The number of rotatable bonds is 2. The van der Waals surface area contributed by atoms with Crippen LogP contribution in [-0.2, 0) is 6.54 Å². The summed E-state index contributed by atoms with van der Waals surface area (Å²) in [5.74, 6) is 0.667. The van der Waals surface area contributed by atoms with Gasteiger partial charge >= 0.3 is 0 Å². The van der Waals surface area contributed by atoms with Gasteiger partial charge in [-0.15, -0.1) is 16.4 Å². The van der Waals surface area contributed by atoms with Gasteiger partial charge in [0.2, 0.25) is 0 Å². The highest BCUT2D eigenvalue weighted by molar-refractivity contribution is 7.25. The number of thiophene rings is 1. The second kappa shape index (κ2) is 4.49. The first-order valence-electron chi connectivity index (χ1n) is 6.38. The molecule has 0 aliphatic rings. The van der Waals surface area contributed by atoms with E-state index in [1.54, 1.807) is 18.4 Å². The van der Waals surface area contributed by atoms with E-state index in [0.29, 0.717) is 16.0 Å². The minimum Gasteiger partial charge on any atom is -0.467 e. The van der Waals surface area contributed by atoms with E-state index in [1.807, 2.05) is 19.1 Å². The molecule has 0 unspecified atom stereocenters. The van der Waals surface area contributed by atoms with Crippen LogP contribution in [0.3, 0.4) is 0 Å². The maximum atomic E-state index is 12.5. The van der Waals surface area contributed by atoms with Crippen LogP contribution < -0.4 is 5.56 Å². The van der Waals surface area contributed by atoms with Crippen LogP contribution in [0.1, 0.15) is 11.5 Å². The normalized spacial score (nSPS) is 11.5. The van der Waals surface area contributed by atoms with Gasteiger partial charge in [-0.25, -0.2) is 9.67 Å².